The third-order valence-corrected chi connectivity index (χ3v) is 6.27. The molecule has 0 bridgehead atoms. The lowest BCUT2D eigenvalue weighted by Gasteiger charge is -2.27. The Morgan fingerprint density at radius 1 is 1.20 bits per heavy atom. The monoisotopic (exact) mass is 509 g/mol. The SMILES string of the molecule is Cn1c(-c2c[nH]nc2C(F)(F)F)cnc1C(=O)Nc1ccc(C(=O)NC2CCC(N)CC2)c(Cl)c1. The van der Waals surface area contributed by atoms with Gasteiger partial charge in [0.15, 0.2) is 11.5 Å². The highest BCUT2D eigenvalue weighted by Crippen LogP contribution is 2.35. The van der Waals surface area contributed by atoms with E-state index >= 15 is 0 Å². The van der Waals surface area contributed by atoms with E-state index in [-0.39, 0.29) is 45.7 Å². The number of amides is 2. The second kappa shape index (κ2) is 9.70. The minimum atomic E-state index is -4.67. The highest BCUT2D eigenvalue weighted by Gasteiger charge is 2.37. The molecule has 2 heterocycles. The summed E-state index contributed by atoms with van der Waals surface area (Å²) >= 11 is 6.29. The van der Waals surface area contributed by atoms with Gasteiger partial charge in [-0.15, -0.1) is 0 Å². The highest BCUT2D eigenvalue weighted by molar-refractivity contribution is 6.34. The molecule has 5 N–H and O–H groups in total. The molecule has 1 aliphatic rings. The number of aromatic nitrogens is 4. The molecule has 1 aliphatic carbocycles. The number of nitrogens with one attached hydrogen (secondary N) is 3. The molecule has 4 rings (SSSR count). The minimum absolute atomic E-state index is 0.0310. The Balaban J connectivity index is 1.46. The van der Waals surface area contributed by atoms with Crippen LogP contribution in [0.1, 0.15) is 52.4 Å². The van der Waals surface area contributed by atoms with Crippen molar-refractivity contribution in [3.63, 3.8) is 0 Å². The van der Waals surface area contributed by atoms with Crippen LogP contribution in [0.15, 0.2) is 30.6 Å². The van der Waals surface area contributed by atoms with E-state index in [9.17, 15) is 22.8 Å². The zero-order valence-corrected chi connectivity index (χ0v) is 19.4. The van der Waals surface area contributed by atoms with E-state index in [1.165, 1.54) is 29.8 Å². The summed E-state index contributed by atoms with van der Waals surface area (Å²) in [7, 11) is 1.42. The van der Waals surface area contributed by atoms with Crippen LogP contribution in [0.3, 0.4) is 0 Å². The zero-order chi connectivity index (χ0) is 25.3. The Labute approximate surface area is 203 Å². The van der Waals surface area contributed by atoms with E-state index in [2.05, 4.69) is 25.8 Å². The van der Waals surface area contributed by atoms with Crippen LogP contribution in [-0.2, 0) is 13.2 Å². The first-order chi connectivity index (χ1) is 16.5. The zero-order valence-electron chi connectivity index (χ0n) is 18.6. The molecule has 3 aromatic rings. The van der Waals surface area contributed by atoms with Crippen molar-refractivity contribution in [2.75, 3.05) is 5.32 Å². The van der Waals surface area contributed by atoms with Gasteiger partial charge in [-0.3, -0.25) is 14.7 Å². The molecule has 0 unspecified atom stereocenters. The van der Waals surface area contributed by atoms with Crippen LogP contribution in [0.25, 0.3) is 11.3 Å². The number of halogens is 4. The van der Waals surface area contributed by atoms with Gasteiger partial charge in [-0.2, -0.15) is 18.3 Å². The summed E-state index contributed by atoms with van der Waals surface area (Å²) in [4.78, 5) is 29.3. The summed E-state index contributed by atoms with van der Waals surface area (Å²) in [5.41, 5.74) is 5.18. The fraction of sp³-hybridized carbons (Fsp3) is 0.364. The van der Waals surface area contributed by atoms with Crippen LogP contribution >= 0.6 is 11.6 Å². The van der Waals surface area contributed by atoms with Gasteiger partial charge in [0, 0.05) is 31.0 Å². The molecule has 2 aromatic heterocycles. The van der Waals surface area contributed by atoms with Gasteiger partial charge in [0.25, 0.3) is 11.8 Å². The van der Waals surface area contributed by atoms with Crippen molar-refractivity contribution in [1.29, 1.82) is 0 Å². The second-order valence-corrected chi connectivity index (χ2v) is 8.81. The van der Waals surface area contributed by atoms with Crippen LogP contribution in [0.2, 0.25) is 5.02 Å². The molecule has 1 saturated carbocycles. The average Bonchev–Trinajstić information content (AvgIpc) is 3.42. The van der Waals surface area contributed by atoms with Gasteiger partial charge in [0.2, 0.25) is 0 Å². The first-order valence-corrected chi connectivity index (χ1v) is 11.2. The lowest BCUT2D eigenvalue weighted by Crippen LogP contribution is -2.40. The normalized spacial score (nSPS) is 18.3. The van der Waals surface area contributed by atoms with E-state index in [1.807, 2.05) is 0 Å². The highest BCUT2D eigenvalue weighted by atomic mass is 35.5. The van der Waals surface area contributed by atoms with Crippen molar-refractivity contribution in [3.8, 4) is 11.3 Å². The van der Waals surface area contributed by atoms with Crippen molar-refractivity contribution in [2.45, 2.75) is 43.9 Å². The summed E-state index contributed by atoms with van der Waals surface area (Å²) < 4.78 is 40.8. The average molecular weight is 510 g/mol. The minimum Gasteiger partial charge on any atom is -0.349 e. The van der Waals surface area contributed by atoms with E-state index in [1.54, 1.807) is 0 Å². The van der Waals surface area contributed by atoms with Gasteiger partial charge in [0.1, 0.15) is 0 Å². The third kappa shape index (κ3) is 5.33. The number of aromatic amines is 1. The van der Waals surface area contributed by atoms with Crippen molar-refractivity contribution in [3.05, 3.63) is 52.7 Å². The van der Waals surface area contributed by atoms with Crippen LogP contribution in [0.5, 0.6) is 0 Å². The molecule has 0 aliphatic heterocycles. The largest absolute Gasteiger partial charge is 0.435 e. The number of imidazole rings is 1. The van der Waals surface area contributed by atoms with E-state index in [0.29, 0.717) is 5.69 Å². The number of benzene rings is 1. The number of carbonyl (C=O) groups excluding carboxylic acids is 2. The number of hydrogen-bond donors (Lipinski definition) is 4. The summed E-state index contributed by atoms with van der Waals surface area (Å²) in [6.45, 7) is 0. The lowest BCUT2D eigenvalue weighted by molar-refractivity contribution is -0.140. The van der Waals surface area contributed by atoms with E-state index in [0.717, 1.165) is 38.1 Å². The van der Waals surface area contributed by atoms with E-state index in [4.69, 9.17) is 17.3 Å². The Morgan fingerprint density at radius 2 is 1.91 bits per heavy atom. The van der Waals surface area contributed by atoms with E-state index < -0.39 is 17.8 Å². The Morgan fingerprint density at radius 3 is 2.57 bits per heavy atom. The number of nitrogens with zero attached hydrogens (tertiary/aromatic N) is 3. The van der Waals surface area contributed by atoms with Gasteiger partial charge in [-0.05, 0) is 43.9 Å². The van der Waals surface area contributed by atoms with Gasteiger partial charge < -0.3 is 20.9 Å². The molecule has 0 saturated heterocycles. The molecule has 13 heteroatoms. The molecule has 9 nitrogen and oxygen atoms in total. The molecule has 35 heavy (non-hydrogen) atoms. The number of alkyl halides is 3. The maximum atomic E-state index is 13.2. The molecular formula is C22H23ClF3N7O2. The molecule has 1 aromatic carbocycles. The summed E-state index contributed by atoms with van der Waals surface area (Å²) in [5, 5.41) is 11.1. The van der Waals surface area contributed by atoms with Crippen molar-refractivity contribution >= 4 is 29.1 Å². The molecule has 186 valence electrons. The van der Waals surface area contributed by atoms with Crippen LogP contribution in [0, 0.1) is 0 Å². The third-order valence-electron chi connectivity index (χ3n) is 5.95. The summed E-state index contributed by atoms with van der Waals surface area (Å²) in [6, 6.07) is 4.62. The smallest absolute Gasteiger partial charge is 0.349 e. The van der Waals surface area contributed by atoms with Gasteiger partial charge in [-0.1, -0.05) is 11.6 Å². The predicted molar refractivity (Wildman–Crippen MR) is 123 cm³/mol. The Kier molecular flexibility index (Phi) is 6.86. The van der Waals surface area contributed by atoms with Crippen LogP contribution in [-0.4, -0.2) is 43.6 Å². The number of nitrogens with two attached hydrogens (primary N) is 1. The number of rotatable bonds is 5. The second-order valence-electron chi connectivity index (χ2n) is 8.41. The topological polar surface area (TPSA) is 131 Å². The molecule has 0 radical (unpaired) electrons. The van der Waals surface area contributed by atoms with Crippen molar-refractivity contribution in [2.24, 2.45) is 12.8 Å². The number of carbonyl (C=O) groups is 2. The predicted octanol–water partition coefficient (Wildman–Crippen LogP) is 3.73. The van der Waals surface area contributed by atoms with Gasteiger partial charge >= 0.3 is 6.18 Å². The van der Waals surface area contributed by atoms with Gasteiger partial charge in [0.05, 0.1) is 28.0 Å². The van der Waals surface area contributed by atoms with Crippen LogP contribution in [0.4, 0.5) is 18.9 Å². The lowest BCUT2D eigenvalue weighted by atomic mass is 9.91. The molecule has 2 amide bonds. The summed E-state index contributed by atoms with van der Waals surface area (Å²) in [5.74, 6) is -1.10. The fourth-order valence-electron chi connectivity index (χ4n) is 4.06. The molecule has 0 atom stereocenters. The Hall–Kier alpha value is -3.38. The van der Waals surface area contributed by atoms with Crippen molar-refractivity contribution in [1.82, 2.24) is 25.1 Å². The first-order valence-electron chi connectivity index (χ1n) is 10.8. The first kappa shape index (κ1) is 24.7. The Bertz CT molecular complexity index is 1250. The van der Waals surface area contributed by atoms with Gasteiger partial charge in [-0.25, -0.2) is 4.98 Å². The molecule has 0 spiro atoms. The maximum Gasteiger partial charge on any atom is 0.435 e. The van der Waals surface area contributed by atoms with Crippen LogP contribution < -0.4 is 16.4 Å². The maximum absolute atomic E-state index is 13.2. The number of anilines is 1. The fourth-order valence-corrected chi connectivity index (χ4v) is 4.33. The quantitative estimate of drug-likeness (QED) is 0.416. The standard InChI is InChI=1S/C22H23ClF3N7O2/c1-33-17(15-9-29-32-18(15)22(24,25)26)10-28-19(33)21(35)31-13-6-7-14(16(23)8-13)20(34)30-12-4-2-11(27)3-5-12/h6-12H,2-5,27H2,1H3,(H,29,32)(H,30,34)(H,31,35). The summed E-state index contributed by atoms with van der Waals surface area (Å²) in [6.07, 6.45) is 0.867. The number of hydrogen-bond acceptors (Lipinski definition) is 5. The number of H-pyrrole nitrogens is 1. The molecular weight excluding hydrogens is 487 g/mol. The van der Waals surface area contributed by atoms with Crippen molar-refractivity contribution < 1.29 is 22.8 Å². The molecule has 1 fully saturated rings.